The molecule has 116 heavy (non-hydrogen) atoms. The standard InChI is InChI=1S/C104H54N12/c105-55-63-12-7-17-69(38-63)74-30-35-96-88(46-74)85-24-3-6-27-95(85)113(96)101-51-81(72-20-10-15-66(41-72)58-108)52-102(91(101)61-111)114-97-36-31-75(70-18-8-13-64(39-70)56-106)47-89(97)90-48-76(32-37-98(90)114)79-43-68(60-110)44-80(45-79)78-29-34-87-84-23-2-5-26-94(84)116(100(87)50-78)104-54-82(73-21-11-16-67(42-73)59-109)53-103(92(104)62-112)115-93-25-4-1-22-83(93)86-33-28-77(49-99(86)115)71-19-9-14-65(40-71)57-107/h1-54H. The molecule has 0 radical (unpaired) electrons. The van der Waals surface area contributed by atoms with Crippen molar-refractivity contribution in [1.82, 2.24) is 18.3 Å². The van der Waals surface area contributed by atoms with E-state index in [-0.39, 0.29) is 0 Å². The van der Waals surface area contributed by atoms with E-state index in [1.165, 1.54) is 0 Å². The highest BCUT2D eigenvalue weighted by atomic mass is 15.0. The smallest absolute Gasteiger partial charge is 0.104 e. The van der Waals surface area contributed by atoms with Gasteiger partial charge in [-0.25, -0.2) is 0 Å². The average Bonchev–Trinajstić information content (AvgIpc) is 1.55. The first kappa shape index (κ1) is 68.0. The van der Waals surface area contributed by atoms with Crippen LogP contribution in [0.2, 0.25) is 0 Å². The van der Waals surface area contributed by atoms with Gasteiger partial charge < -0.3 is 18.3 Å². The highest BCUT2D eigenvalue weighted by molar-refractivity contribution is 6.16. The quantitative estimate of drug-likeness (QED) is 0.121. The van der Waals surface area contributed by atoms with E-state index in [1.54, 1.807) is 30.3 Å². The zero-order chi connectivity index (χ0) is 78.4. The van der Waals surface area contributed by atoms with Gasteiger partial charge in [0.2, 0.25) is 0 Å². The predicted molar refractivity (Wildman–Crippen MR) is 460 cm³/mol. The van der Waals surface area contributed by atoms with E-state index in [0.29, 0.717) is 67.3 Å². The van der Waals surface area contributed by atoms with Crippen LogP contribution >= 0.6 is 0 Å². The molecule has 0 unspecified atom stereocenters. The minimum Gasteiger partial charge on any atom is -0.308 e. The van der Waals surface area contributed by atoms with Gasteiger partial charge in [-0.05, 0) is 248 Å². The van der Waals surface area contributed by atoms with Crippen LogP contribution in [-0.4, -0.2) is 18.3 Å². The molecule has 0 spiro atoms. The maximum atomic E-state index is 12.1. The van der Waals surface area contributed by atoms with Gasteiger partial charge in [0, 0.05) is 43.1 Å². The summed E-state index contributed by atoms with van der Waals surface area (Å²) in [6, 6.07) is 127. The number of hydrogen-bond acceptors (Lipinski definition) is 8. The second-order valence-corrected chi connectivity index (χ2v) is 28.9. The molecule has 16 aromatic carbocycles. The zero-order valence-corrected chi connectivity index (χ0v) is 61.5. The van der Waals surface area contributed by atoms with Crippen molar-refractivity contribution in [2.45, 2.75) is 0 Å². The van der Waals surface area contributed by atoms with Crippen LogP contribution in [0, 0.1) is 90.6 Å². The molecule has 0 saturated heterocycles. The van der Waals surface area contributed by atoms with Gasteiger partial charge in [0.05, 0.1) is 137 Å². The Balaban J connectivity index is 0.789. The molecule has 0 bridgehead atoms. The molecule has 20 aromatic rings. The van der Waals surface area contributed by atoms with Crippen LogP contribution in [0.5, 0.6) is 0 Å². The first-order valence-electron chi connectivity index (χ1n) is 37.5. The second kappa shape index (κ2) is 27.3. The van der Waals surface area contributed by atoms with Gasteiger partial charge in [-0.3, -0.25) is 0 Å². The maximum Gasteiger partial charge on any atom is 0.104 e. The van der Waals surface area contributed by atoms with Crippen molar-refractivity contribution in [3.05, 3.63) is 372 Å². The molecule has 0 atom stereocenters. The fourth-order valence-corrected chi connectivity index (χ4v) is 17.2. The Morgan fingerprint density at radius 2 is 0.379 bits per heavy atom. The highest BCUT2D eigenvalue weighted by Crippen LogP contribution is 2.47. The second-order valence-electron chi connectivity index (χ2n) is 28.9. The molecule has 0 amide bonds. The lowest BCUT2D eigenvalue weighted by molar-refractivity contribution is 1.12. The van der Waals surface area contributed by atoms with Crippen LogP contribution in [0.3, 0.4) is 0 Å². The molecule has 12 heteroatoms. The van der Waals surface area contributed by atoms with E-state index >= 15 is 0 Å². The summed E-state index contributed by atoms with van der Waals surface area (Å²) < 4.78 is 8.64. The maximum absolute atomic E-state index is 12.1. The lowest BCUT2D eigenvalue weighted by atomic mass is 9.94. The summed E-state index contributed by atoms with van der Waals surface area (Å²) in [6.45, 7) is 0. The average molecular weight is 1470 g/mol. The Morgan fingerprint density at radius 1 is 0.147 bits per heavy atom. The Kier molecular flexibility index (Phi) is 16.0. The van der Waals surface area contributed by atoms with Gasteiger partial charge in [-0.2, -0.15) is 42.1 Å². The van der Waals surface area contributed by atoms with Gasteiger partial charge >= 0.3 is 0 Å². The van der Waals surface area contributed by atoms with E-state index in [2.05, 4.69) is 194 Å². The third-order valence-corrected chi connectivity index (χ3v) is 22.5. The third kappa shape index (κ3) is 11.1. The summed E-state index contributed by atoms with van der Waals surface area (Å²) in [7, 11) is 0. The first-order valence-corrected chi connectivity index (χ1v) is 37.5. The number of benzene rings is 16. The van der Waals surface area contributed by atoms with Crippen molar-refractivity contribution in [3.63, 3.8) is 0 Å². The monoisotopic (exact) mass is 1470 g/mol. The molecule has 20 rings (SSSR count). The topological polar surface area (TPSA) is 210 Å². The van der Waals surface area contributed by atoms with Gasteiger partial charge in [0.1, 0.15) is 23.3 Å². The van der Waals surface area contributed by atoms with Crippen molar-refractivity contribution in [2.24, 2.45) is 0 Å². The molecule has 4 aromatic heterocycles. The summed E-state index contributed by atoms with van der Waals surface area (Å²) >= 11 is 0. The molecule has 530 valence electrons. The summed E-state index contributed by atoms with van der Waals surface area (Å²) in [6.07, 6.45) is 0. The molecule has 0 aliphatic heterocycles. The Bertz CT molecular complexity index is 8090. The lowest BCUT2D eigenvalue weighted by Crippen LogP contribution is -2.05. The Labute approximate surface area is 664 Å². The van der Waals surface area contributed by atoms with Crippen LogP contribution in [0.4, 0.5) is 0 Å². The minimum absolute atomic E-state index is 0.384. The van der Waals surface area contributed by atoms with Crippen molar-refractivity contribution in [1.29, 1.82) is 42.1 Å². The largest absolute Gasteiger partial charge is 0.308 e. The van der Waals surface area contributed by atoms with Crippen LogP contribution in [0.25, 0.3) is 188 Å². The number of fused-ring (bicyclic) bond motifs is 12. The molecule has 4 heterocycles. The molecule has 0 fully saturated rings. The van der Waals surface area contributed by atoms with Gasteiger partial charge in [-0.1, -0.05) is 158 Å². The van der Waals surface area contributed by atoms with Crippen molar-refractivity contribution >= 4 is 87.2 Å². The third-order valence-electron chi connectivity index (χ3n) is 22.5. The summed E-state index contributed by atoms with van der Waals surface area (Å²) in [4.78, 5) is 0. The lowest BCUT2D eigenvalue weighted by Gasteiger charge is -2.19. The van der Waals surface area contributed by atoms with Gasteiger partial charge in [0.15, 0.2) is 0 Å². The number of rotatable bonds is 11. The predicted octanol–water partition coefficient (Wildman–Crippen LogP) is 24.7. The molecular formula is C104H54N12. The summed E-state index contributed by atoms with van der Waals surface area (Å²) in [5.41, 5.74) is 24.4. The minimum atomic E-state index is 0.384. The zero-order valence-electron chi connectivity index (χ0n) is 61.5. The fraction of sp³-hybridized carbons (Fsp3) is 0. The van der Waals surface area contributed by atoms with Crippen LogP contribution in [-0.2, 0) is 0 Å². The first-order chi connectivity index (χ1) is 57.1. The number of nitriles is 8. The summed E-state index contributed by atoms with van der Waals surface area (Å²) in [5.74, 6) is 0. The summed E-state index contributed by atoms with van der Waals surface area (Å²) in [5, 5.41) is 93.6. The van der Waals surface area contributed by atoms with Crippen molar-refractivity contribution < 1.29 is 0 Å². The van der Waals surface area contributed by atoms with E-state index in [1.807, 2.05) is 170 Å². The number of nitrogens with zero attached hydrogens (tertiary/aromatic N) is 12. The molecule has 12 nitrogen and oxygen atoms in total. The number of aromatic nitrogens is 4. The van der Waals surface area contributed by atoms with E-state index in [9.17, 15) is 42.1 Å². The Morgan fingerprint density at radius 3 is 0.716 bits per heavy atom. The van der Waals surface area contributed by atoms with Gasteiger partial charge in [-0.15, -0.1) is 0 Å². The molecule has 0 aliphatic carbocycles. The van der Waals surface area contributed by atoms with Crippen LogP contribution < -0.4 is 0 Å². The van der Waals surface area contributed by atoms with Crippen molar-refractivity contribution in [2.75, 3.05) is 0 Å². The normalized spacial score (nSPS) is 11.2. The van der Waals surface area contributed by atoms with E-state index < -0.39 is 0 Å². The number of hydrogen-bond donors (Lipinski definition) is 0. The highest BCUT2D eigenvalue weighted by Gasteiger charge is 2.28. The molecule has 0 N–H and O–H groups in total. The SMILES string of the molecule is N#Cc1cccc(-c2cc(-n3c4ccccc4c4cc(-c5cccc(C#N)c5)ccc43)c(C#N)c(-n3c4ccc(-c5cccc(C#N)c5)cc4c4cc(-c5cc(C#N)cc(-c6ccc7c8ccccc8n(-c8cc(-c9cccc(C#N)c9)cc(-n9c%10ccccc%10c%10ccc(-c%11cccc(C#N)c%11)cc%109)c8C#N)c7c6)c5)ccc43)c2)c1. The Hall–Kier alpha value is -17.4. The van der Waals surface area contributed by atoms with Crippen molar-refractivity contribution in [3.8, 4) is 149 Å². The molecular weight excluding hydrogens is 1420 g/mol. The molecule has 0 aliphatic rings. The fourth-order valence-electron chi connectivity index (χ4n) is 17.2. The van der Waals surface area contributed by atoms with Crippen LogP contribution in [0.1, 0.15) is 44.5 Å². The van der Waals surface area contributed by atoms with E-state index in [0.717, 1.165) is 165 Å². The molecule has 0 saturated carbocycles. The van der Waals surface area contributed by atoms with E-state index in [4.69, 9.17) is 0 Å². The van der Waals surface area contributed by atoms with Gasteiger partial charge in [0.25, 0.3) is 0 Å². The van der Waals surface area contributed by atoms with Crippen LogP contribution in [0.15, 0.2) is 328 Å². The number of para-hydroxylation sites is 3.